The Bertz CT molecular complexity index is 1150. The summed E-state index contributed by atoms with van der Waals surface area (Å²) in [5.74, 6) is -0.953. The van der Waals surface area contributed by atoms with Crippen molar-refractivity contribution in [2.45, 2.75) is 37.1 Å². The molecule has 0 bridgehead atoms. The van der Waals surface area contributed by atoms with Crippen LogP contribution in [0.3, 0.4) is 0 Å². The first-order valence-electron chi connectivity index (χ1n) is 11.0. The van der Waals surface area contributed by atoms with E-state index in [4.69, 9.17) is 4.74 Å². The summed E-state index contributed by atoms with van der Waals surface area (Å²) >= 11 is 0. The molecule has 8 nitrogen and oxygen atoms in total. The predicted octanol–water partition coefficient (Wildman–Crippen LogP) is 2.63. The first kappa shape index (κ1) is 23.1. The van der Waals surface area contributed by atoms with Gasteiger partial charge in [0.05, 0.1) is 10.5 Å². The summed E-state index contributed by atoms with van der Waals surface area (Å²) in [6, 6.07) is 12.5. The largest absolute Gasteiger partial charge is 0.454 e. The van der Waals surface area contributed by atoms with Gasteiger partial charge in [-0.05, 0) is 61.2 Å². The van der Waals surface area contributed by atoms with Gasteiger partial charge in [-0.2, -0.15) is 4.31 Å². The number of carbonyl (C=O) groups excluding carboxylic acids is 3. The molecule has 0 spiro atoms. The average molecular weight is 471 g/mol. The molecule has 33 heavy (non-hydrogen) atoms. The van der Waals surface area contributed by atoms with Crippen LogP contribution in [0.2, 0.25) is 0 Å². The second kappa shape index (κ2) is 9.84. The van der Waals surface area contributed by atoms with E-state index in [1.54, 1.807) is 23.1 Å². The molecular formula is C24H26N2O6S. The minimum Gasteiger partial charge on any atom is -0.454 e. The highest BCUT2D eigenvalue weighted by atomic mass is 32.2. The first-order chi connectivity index (χ1) is 15.8. The normalized spacial score (nSPS) is 16.8. The molecular weight excluding hydrogens is 444 g/mol. The molecule has 0 saturated carbocycles. The molecule has 1 amide bonds. The lowest BCUT2D eigenvalue weighted by Crippen LogP contribution is -2.27. The van der Waals surface area contributed by atoms with E-state index >= 15 is 0 Å². The molecule has 0 radical (unpaired) electrons. The standard InChI is InChI=1S/C24H26N2O6S/c27-22(19-8-10-21(11-9-19)33(30,31)26-13-1-2-14-26)17-32-24(29)20-6-3-5-18(15-20)16-25-12-4-7-23(25)28/h3,5-6,8-11,15H,1-2,4,7,12-14,16-17H2. The number of ether oxygens (including phenoxy) is 1. The van der Waals surface area contributed by atoms with E-state index in [0.29, 0.717) is 38.2 Å². The van der Waals surface area contributed by atoms with Crippen LogP contribution in [0.25, 0.3) is 0 Å². The third kappa shape index (κ3) is 5.31. The van der Waals surface area contributed by atoms with Gasteiger partial charge in [0.1, 0.15) is 0 Å². The van der Waals surface area contributed by atoms with Crippen molar-refractivity contribution in [1.29, 1.82) is 0 Å². The number of rotatable bonds is 8. The van der Waals surface area contributed by atoms with Gasteiger partial charge < -0.3 is 9.64 Å². The summed E-state index contributed by atoms with van der Waals surface area (Å²) in [5.41, 5.74) is 1.39. The maximum absolute atomic E-state index is 12.6. The lowest BCUT2D eigenvalue weighted by molar-refractivity contribution is -0.128. The Labute approximate surface area is 193 Å². The number of amides is 1. The molecule has 2 saturated heterocycles. The number of hydrogen-bond donors (Lipinski definition) is 0. The Morgan fingerprint density at radius 3 is 2.30 bits per heavy atom. The van der Waals surface area contributed by atoms with Crippen molar-refractivity contribution < 1.29 is 27.5 Å². The Kier molecular flexibility index (Phi) is 6.90. The van der Waals surface area contributed by atoms with Gasteiger partial charge in [0.15, 0.2) is 12.4 Å². The van der Waals surface area contributed by atoms with Gasteiger partial charge in [0.25, 0.3) is 0 Å². The van der Waals surface area contributed by atoms with Crippen molar-refractivity contribution in [2.24, 2.45) is 0 Å². The third-order valence-corrected chi connectivity index (χ3v) is 7.83. The summed E-state index contributed by atoms with van der Waals surface area (Å²) in [6.07, 6.45) is 3.09. The molecule has 2 heterocycles. The van der Waals surface area contributed by atoms with Gasteiger partial charge in [-0.1, -0.05) is 12.1 Å². The van der Waals surface area contributed by atoms with Crippen LogP contribution < -0.4 is 0 Å². The lowest BCUT2D eigenvalue weighted by Gasteiger charge is -2.16. The molecule has 0 aromatic heterocycles. The van der Waals surface area contributed by atoms with Gasteiger partial charge in [-0.3, -0.25) is 9.59 Å². The molecule has 0 unspecified atom stereocenters. The Balaban J connectivity index is 1.34. The van der Waals surface area contributed by atoms with Crippen molar-refractivity contribution in [3.8, 4) is 0 Å². The van der Waals surface area contributed by atoms with Crippen molar-refractivity contribution in [2.75, 3.05) is 26.2 Å². The molecule has 2 aliphatic rings. The fraction of sp³-hybridized carbons (Fsp3) is 0.375. The van der Waals surface area contributed by atoms with Crippen molar-refractivity contribution in [3.63, 3.8) is 0 Å². The van der Waals surface area contributed by atoms with Crippen molar-refractivity contribution in [1.82, 2.24) is 9.21 Å². The Hall–Kier alpha value is -3.04. The van der Waals surface area contributed by atoms with Crippen LogP contribution >= 0.6 is 0 Å². The first-order valence-corrected chi connectivity index (χ1v) is 12.5. The Morgan fingerprint density at radius 1 is 0.909 bits per heavy atom. The van der Waals surface area contributed by atoms with E-state index in [2.05, 4.69) is 0 Å². The van der Waals surface area contributed by atoms with E-state index in [0.717, 1.165) is 24.8 Å². The maximum atomic E-state index is 12.6. The zero-order chi connectivity index (χ0) is 23.4. The summed E-state index contributed by atoms with van der Waals surface area (Å²) in [6.45, 7) is 1.71. The minimum absolute atomic E-state index is 0.104. The summed E-state index contributed by atoms with van der Waals surface area (Å²) in [4.78, 5) is 38.6. The highest BCUT2D eigenvalue weighted by Gasteiger charge is 2.27. The topological polar surface area (TPSA) is 101 Å². The average Bonchev–Trinajstić information content (AvgIpc) is 3.50. The number of ketones is 1. The van der Waals surface area contributed by atoms with Gasteiger partial charge in [0.2, 0.25) is 15.9 Å². The molecule has 2 aromatic rings. The van der Waals surface area contributed by atoms with Crippen LogP contribution in [-0.4, -0.2) is 61.5 Å². The summed E-state index contributed by atoms with van der Waals surface area (Å²) < 4.78 is 31.8. The molecule has 4 rings (SSSR count). The SMILES string of the molecule is O=C(COC(=O)c1cccc(CN2CCCC2=O)c1)c1ccc(S(=O)(=O)N2CCCC2)cc1. The number of sulfonamides is 1. The number of carbonyl (C=O) groups is 3. The fourth-order valence-corrected chi connectivity index (χ4v) is 5.59. The highest BCUT2D eigenvalue weighted by Crippen LogP contribution is 2.21. The van der Waals surface area contributed by atoms with Crippen LogP contribution in [0.1, 0.15) is 52.0 Å². The molecule has 0 N–H and O–H groups in total. The summed E-state index contributed by atoms with van der Waals surface area (Å²) in [5, 5.41) is 0. The number of nitrogens with zero attached hydrogens (tertiary/aromatic N) is 2. The zero-order valence-corrected chi connectivity index (χ0v) is 19.1. The van der Waals surface area contributed by atoms with Gasteiger partial charge in [0, 0.05) is 38.2 Å². The third-order valence-electron chi connectivity index (χ3n) is 5.92. The van der Waals surface area contributed by atoms with Crippen molar-refractivity contribution in [3.05, 3.63) is 65.2 Å². The second-order valence-electron chi connectivity index (χ2n) is 8.25. The number of hydrogen-bond acceptors (Lipinski definition) is 6. The molecule has 174 valence electrons. The highest BCUT2D eigenvalue weighted by molar-refractivity contribution is 7.89. The number of likely N-dealkylation sites (tertiary alicyclic amines) is 1. The second-order valence-corrected chi connectivity index (χ2v) is 10.2. The molecule has 2 aliphatic heterocycles. The van der Waals surface area contributed by atoms with Gasteiger partial charge in [-0.15, -0.1) is 0 Å². The maximum Gasteiger partial charge on any atom is 0.338 e. The molecule has 2 fully saturated rings. The number of Topliss-reactive ketones (excluding diaryl/α,β-unsaturated/α-hetero) is 1. The lowest BCUT2D eigenvalue weighted by atomic mass is 10.1. The van der Waals surface area contributed by atoms with Crippen molar-refractivity contribution >= 4 is 27.7 Å². The number of benzene rings is 2. The monoisotopic (exact) mass is 470 g/mol. The smallest absolute Gasteiger partial charge is 0.338 e. The predicted molar refractivity (Wildman–Crippen MR) is 120 cm³/mol. The van der Waals surface area contributed by atoms with Crippen LogP contribution in [0.4, 0.5) is 0 Å². The zero-order valence-electron chi connectivity index (χ0n) is 18.2. The Morgan fingerprint density at radius 2 is 1.64 bits per heavy atom. The van der Waals surface area contributed by atoms with Crippen LogP contribution in [-0.2, 0) is 26.1 Å². The van der Waals surface area contributed by atoms with Crippen LogP contribution in [0.5, 0.6) is 0 Å². The summed E-state index contributed by atoms with van der Waals surface area (Å²) in [7, 11) is -3.55. The fourth-order valence-electron chi connectivity index (χ4n) is 4.08. The molecule has 0 atom stereocenters. The molecule has 2 aromatic carbocycles. The van der Waals surface area contributed by atoms with Crippen LogP contribution in [0.15, 0.2) is 53.4 Å². The van der Waals surface area contributed by atoms with E-state index in [1.165, 1.54) is 28.6 Å². The number of esters is 1. The molecule has 0 aliphatic carbocycles. The van der Waals surface area contributed by atoms with Gasteiger partial charge in [-0.25, -0.2) is 13.2 Å². The minimum atomic E-state index is -3.55. The van der Waals surface area contributed by atoms with E-state index < -0.39 is 28.4 Å². The van der Waals surface area contributed by atoms with E-state index in [9.17, 15) is 22.8 Å². The van der Waals surface area contributed by atoms with Crippen LogP contribution in [0, 0.1) is 0 Å². The quantitative estimate of drug-likeness (QED) is 0.434. The molecule has 9 heteroatoms. The van der Waals surface area contributed by atoms with E-state index in [1.807, 2.05) is 6.07 Å². The van der Waals surface area contributed by atoms with Gasteiger partial charge >= 0.3 is 5.97 Å². The van der Waals surface area contributed by atoms with E-state index in [-0.39, 0.29) is 16.4 Å².